The highest BCUT2D eigenvalue weighted by atomic mass is 32.1. The van der Waals surface area contributed by atoms with E-state index in [1.165, 1.54) is 29.7 Å². The number of rotatable bonds is 6. The van der Waals surface area contributed by atoms with Crippen molar-refractivity contribution in [3.63, 3.8) is 0 Å². The third-order valence-electron chi connectivity index (χ3n) is 4.13. The Bertz CT molecular complexity index is 932. The highest BCUT2D eigenvalue weighted by Crippen LogP contribution is 2.27. The molecule has 0 atom stereocenters. The van der Waals surface area contributed by atoms with Gasteiger partial charge >= 0.3 is 0 Å². The van der Waals surface area contributed by atoms with Gasteiger partial charge in [0.15, 0.2) is 0 Å². The third kappa shape index (κ3) is 4.38. The minimum atomic E-state index is 0.208. The Morgan fingerprint density at radius 3 is 2.54 bits per heavy atom. The molecule has 0 fully saturated rings. The van der Waals surface area contributed by atoms with E-state index in [1.54, 1.807) is 30.3 Å². The van der Waals surface area contributed by atoms with E-state index < -0.39 is 0 Å². The largest absolute Gasteiger partial charge is 0.508 e. The van der Waals surface area contributed by atoms with E-state index in [4.69, 9.17) is 0 Å². The van der Waals surface area contributed by atoms with Crippen molar-refractivity contribution < 1.29 is 5.11 Å². The molecular formula is C22H20N2OS. The van der Waals surface area contributed by atoms with Crippen LogP contribution in [0.3, 0.4) is 0 Å². The summed E-state index contributed by atoms with van der Waals surface area (Å²) < 4.78 is 0. The second kappa shape index (κ2) is 8.46. The Balaban J connectivity index is 1.81. The Kier molecular flexibility index (Phi) is 5.83. The van der Waals surface area contributed by atoms with E-state index in [2.05, 4.69) is 42.2 Å². The first-order chi connectivity index (χ1) is 12.7. The van der Waals surface area contributed by atoms with E-state index in [9.17, 15) is 10.4 Å². The summed E-state index contributed by atoms with van der Waals surface area (Å²) in [4.78, 5) is 4.64. The number of hydrogen-bond acceptors (Lipinski definition) is 4. The van der Waals surface area contributed by atoms with E-state index in [1.807, 2.05) is 5.38 Å². The second-order valence-electron chi connectivity index (χ2n) is 6.10. The zero-order chi connectivity index (χ0) is 18.4. The molecule has 0 aliphatic heterocycles. The molecule has 26 heavy (non-hydrogen) atoms. The zero-order valence-electron chi connectivity index (χ0n) is 14.6. The number of allylic oxidation sites excluding steroid dienone is 1. The summed E-state index contributed by atoms with van der Waals surface area (Å²) in [5, 5.41) is 21.5. The normalized spacial score (nSPS) is 11.3. The Labute approximate surface area is 157 Å². The molecular weight excluding hydrogens is 340 g/mol. The Morgan fingerprint density at radius 2 is 1.88 bits per heavy atom. The van der Waals surface area contributed by atoms with Crippen molar-refractivity contribution >= 4 is 23.0 Å². The molecule has 0 saturated heterocycles. The van der Waals surface area contributed by atoms with Crippen molar-refractivity contribution in [1.82, 2.24) is 4.98 Å². The Morgan fingerprint density at radius 1 is 1.15 bits per heavy atom. The summed E-state index contributed by atoms with van der Waals surface area (Å²) >= 11 is 1.47. The number of aromatic hydroxyl groups is 1. The highest BCUT2D eigenvalue weighted by Gasteiger charge is 2.09. The van der Waals surface area contributed by atoms with Gasteiger partial charge in [0, 0.05) is 10.9 Å². The number of phenols is 1. The van der Waals surface area contributed by atoms with Crippen LogP contribution in [0.5, 0.6) is 5.75 Å². The number of benzene rings is 2. The molecule has 0 bridgehead atoms. The molecule has 0 saturated carbocycles. The predicted octanol–water partition coefficient (Wildman–Crippen LogP) is 5.92. The maximum absolute atomic E-state index is 9.49. The van der Waals surface area contributed by atoms with Crippen molar-refractivity contribution in [2.45, 2.75) is 26.2 Å². The van der Waals surface area contributed by atoms with Crippen LogP contribution in [0.15, 0.2) is 53.9 Å². The third-order valence-corrected chi connectivity index (χ3v) is 5.00. The molecule has 0 spiro atoms. The standard InChI is InChI=1S/C22H20N2OS/c1-2-3-4-16-5-9-18(10-6-16)21-15-26-22(24-21)19(14-23)13-17-7-11-20(25)12-8-17/h5-13,15,25H,2-4H2,1H3/b19-13-. The molecule has 3 nitrogen and oxygen atoms in total. The molecule has 1 aromatic heterocycles. The lowest BCUT2D eigenvalue weighted by molar-refractivity contribution is 0.475. The fourth-order valence-electron chi connectivity index (χ4n) is 2.63. The van der Waals surface area contributed by atoms with Gasteiger partial charge in [-0.05, 0) is 42.2 Å². The molecule has 0 unspecified atom stereocenters. The van der Waals surface area contributed by atoms with Gasteiger partial charge in [0.05, 0.1) is 11.3 Å². The molecule has 2 aromatic carbocycles. The van der Waals surface area contributed by atoms with E-state index >= 15 is 0 Å². The minimum absolute atomic E-state index is 0.208. The number of nitrogens with zero attached hydrogens (tertiary/aromatic N) is 2. The van der Waals surface area contributed by atoms with E-state index in [0.717, 1.165) is 23.2 Å². The van der Waals surface area contributed by atoms with Crippen molar-refractivity contribution in [3.05, 3.63) is 70.0 Å². The van der Waals surface area contributed by atoms with Crippen molar-refractivity contribution in [3.8, 4) is 23.1 Å². The summed E-state index contributed by atoms with van der Waals surface area (Å²) in [5.74, 6) is 0.208. The van der Waals surface area contributed by atoms with E-state index in [0.29, 0.717) is 10.6 Å². The van der Waals surface area contributed by atoms with Crippen LogP contribution >= 0.6 is 11.3 Å². The van der Waals surface area contributed by atoms with Gasteiger partial charge in [-0.1, -0.05) is 49.7 Å². The van der Waals surface area contributed by atoms with Gasteiger partial charge in [0.2, 0.25) is 0 Å². The quantitative estimate of drug-likeness (QED) is 0.555. The molecule has 3 aromatic rings. The number of thiazole rings is 1. The van der Waals surface area contributed by atoms with Crippen LogP contribution in [-0.2, 0) is 6.42 Å². The molecule has 0 amide bonds. The highest BCUT2D eigenvalue weighted by molar-refractivity contribution is 7.11. The predicted molar refractivity (Wildman–Crippen MR) is 108 cm³/mol. The van der Waals surface area contributed by atoms with Crippen LogP contribution < -0.4 is 0 Å². The number of phenolic OH excluding ortho intramolecular Hbond substituents is 1. The fourth-order valence-corrected chi connectivity index (χ4v) is 3.43. The van der Waals surface area contributed by atoms with Crippen LogP contribution in [-0.4, -0.2) is 10.1 Å². The average Bonchev–Trinajstić information content (AvgIpc) is 3.16. The Hall–Kier alpha value is -2.90. The molecule has 1 heterocycles. The first-order valence-corrected chi connectivity index (χ1v) is 9.53. The summed E-state index contributed by atoms with van der Waals surface area (Å²) in [6.45, 7) is 2.20. The van der Waals surface area contributed by atoms with Gasteiger partial charge in [0.25, 0.3) is 0 Å². The smallest absolute Gasteiger partial charge is 0.134 e. The van der Waals surface area contributed by atoms with Crippen LogP contribution in [0.25, 0.3) is 22.9 Å². The van der Waals surface area contributed by atoms with Gasteiger partial charge in [0.1, 0.15) is 16.8 Å². The van der Waals surface area contributed by atoms with Crippen LogP contribution in [0, 0.1) is 11.3 Å². The molecule has 4 heteroatoms. The van der Waals surface area contributed by atoms with Gasteiger partial charge in [-0.2, -0.15) is 5.26 Å². The number of unbranched alkanes of at least 4 members (excludes halogenated alkanes) is 1. The first-order valence-electron chi connectivity index (χ1n) is 8.65. The molecule has 0 aliphatic carbocycles. The minimum Gasteiger partial charge on any atom is -0.508 e. The maximum atomic E-state index is 9.49. The number of aryl methyl sites for hydroxylation is 1. The number of aromatic nitrogens is 1. The summed E-state index contributed by atoms with van der Waals surface area (Å²) in [6.07, 6.45) is 5.29. The lowest BCUT2D eigenvalue weighted by atomic mass is 10.1. The molecule has 0 radical (unpaired) electrons. The molecule has 3 rings (SSSR count). The van der Waals surface area contributed by atoms with E-state index in [-0.39, 0.29) is 5.75 Å². The topological polar surface area (TPSA) is 56.9 Å². The van der Waals surface area contributed by atoms with Crippen LogP contribution in [0.2, 0.25) is 0 Å². The molecule has 1 N–H and O–H groups in total. The van der Waals surface area contributed by atoms with Crippen LogP contribution in [0.4, 0.5) is 0 Å². The van der Waals surface area contributed by atoms with Gasteiger partial charge in [-0.25, -0.2) is 4.98 Å². The van der Waals surface area contributed by atoms with Crippen molar-refractivity contribution in [2.75, 3.05) is 0 Å². The van der Waals surface area contributed by atoms with Gasteiger partial charge in [-0.15, -0.1) is 11.3 Å². The number of hydrogen-bond donors (Lipinski definition) is 1. The molecule has 130 valence electrons. The lowest BCUT2D eigenvalue weighted by Gasteiger charge is -2.01. The summed E-state index contributed by atoms with van der Waals surface area (Å²) in [6, 6.07) is 17.5. The average molecular weight is 360 g/mol. The second-order valence-corrected chi connectivity index (χ2v) is 6.96. The van der Waals surface area contributed by atoms with Gasteiger partial charge < -0.3 is 5.11 Å². The van der Waals surface area contributed by atoms with Gasteiger partial charge in [-0.3, -0.25) is 0 Å². The fraction of sp³-hybridized carbons (Fsp3) is 0.182. The first kappa shape index (κ1) is 17.9. The lowest BCUT2D eigenvalue weighted by Crippen LogP contribution is -1.86. The monoisotopic (exact) mass is 360 g/mol. The zero-order valence-corrected chi connectivity index (χ0v) is 15.5. The summed E-state index contributed by atoms with van der Waals surface area (Å²) in [5.41, 5.74) is 4.67. The van der Waals surface area contributed by atoms with Crippen molar-refractivity contribution in [2.24, 2.45) is 0 Å². The summed E-state index contributed by atoms with van der Waals surface area (Å²) in [7, 11) is 0. The SMILES string of the molecule is CCCCc1ccc(-c2csc(/C(C#N)=C\c3ccc(O)cc3)n2)cc1. The van der Waals surface area contributed by atoms with Crippen molar-refractivity contribution in [1.29, 1.82) is 5.26 Å². The maximum Gasteiger partial charge on any atom is 0.134 e. The molecule has 0 aliphatic rings. The van der Waals surface area contributed by atoms with Crippen LogP contribution in [0.1, 0.15) is 35.9 Å². The number of nitriles is 1.